The first-order valence-electron chi connectivity index (χ1n) is 7.27. The summed E-state index contributed by atoms with van der Waals surface area (Å²) in [5.41, 5.74) is 4.77. The molecule has 1 aromatic carbocycles. The van der Waals surface area contributed by atoms with Gasteiger partial charge in [-0.05, 0) is 18.2 Å². The van der Waals surface area contributed by atoms with Crippen molar-refractivity contribution in [2.75, 3.05) is 0 Å². The topological polar surface area (TPSA) is 20.7 Å². The molecule has 0 atom stereocenters. The molecule has 3 heteroatoms. The molecule has 1 N–H and O–H groups in total. The van der Waals surface area contributed by atoms with E-state index in [0.29, 0.717) is 0 Å². The zero-order valence-electron chi connectivity index (χ0n) is 11.8. The number of fused-ring (bicyclic) bond motifs is 4. The van der Waals surface area contributed by atoms with Gasteiger partial charge in [-0.2, -0.15) is 0 Å². The first kappa shape index (κ1) is 11.9. The highest BCUT2D eigenvalue weighted by Crippen LogP contribution is 2.36. The van der Waals surface area contributed by atoms with Gasteiger partial charge >= 0.3 is 0 Å². The van der Waals surface area contributed by atoms with Gasteiger partial charge in [0.2, 0.25) is 0 Å². The highest BCUT2D eigenvalue weighted by molar-refractivity contribution is 7.17. The van der Waals surface area contributed by atoms with Gasteiger partial charge in [0.1, 0.15) is 4.83 Å². The first-order valence-corrected chi connectivity index (χ1v) is 8.15. The van der Waals surface area contributed by atoms with E-state index in [-0.39, 0.29) is 0 Å². The van der Waals surface area contributed by atoms with Crippen LogP contribution in [0.25, 0.3) is 32.9 Å². The van der Waals surface area contributed by atoms with E-state index in [1.165, 1.54) is 32.5 Å². The summed E-state index contributed by atoms with van der Waals surface area (Å²) in [5, 5.41) is 4.71. The molecule has 0 amide bonds. The van der Waals surface area contributed by atoms with Crippen LogP contribution in [0.4, 0.5) is 0 Å². The molecule has 1 aliphatic rings. The maximum Gasteiger partial charge on any atom is 0.102 e. The molecule has 0 unspecified atom stereocenters. The van der Waals surface area contributed by atoms with Gasteiger partial charge in [-0.25, -0.2) is 0 Å². The van der Waals surface area contributed by atoms with Gasteiger partial charge in [0.25, 0.3) is 0 Å². The predicted octanol–water partition coefficient (Wildman–Crippen LogP) is 4.94. The molecule has 0 bridgehead atoms. The Morgan fingerprint density at radius 1 is 1.14 bits per heavy atom. The molecular weight excluding hydrogens is 288 g/mol. The summed E-state index contributed by atoms with van der Waals surface area (Å²) in [4.78, 5) is 4.51. The molecule has 22 heavy (non-hydrogen) atoms. The number of aromatic amines is 1. The van der Waals surface area contributed by atoms with Crippen LogP contribution in [0, 0.1) is 11.8 Å². The van der Waals surface area contributed by atoms with Gasteiger partial charge < -0.3 is 9.55 Å². The molecule has 104 valence electrons. The second kappa shape index (κ2) is 4.40. The lowest BCUT2D eigenvalue weighted by atomic mass is 10.1. The Hall–Kier alpha value is -2.70. The average molecular weight is 300 g/mol. The van der Waals surface area contributed by atoms with Crippen molar-refractivity contribution in [1.29, 1.82) is 0 Å². The van der Waals surface area contributed by atoms with Crippen LogP contribution in [0.1, 0.15) is 17.7 Å². The lowest BCUT2D eigenvalue weighted by Crippen LogP contribution is -1.95. The molecular formula is C19H12N2S. The molecule has 3 heterocycles. The van der Waals surface area contributed by atoms with Crippen LogP contribution in [0.3, 0.4) is 0 Å². The summed E-state index contributed by atoms with van der Waals surface area (Å²) in [5.74, 6) is 6.59. The summed E-state index contributed by atoms with van der Waals surface area (Å²) < 4.78 is 2.34. The maximum atomic E-state index is 3.35. The van der Waals surface area contributed by atoms with Gasteiger partial charge in [-0.15, -0.1) is 11.3 Å². The van der Waals surface area contributed by atoms with Gasteiger partial charge in [-0.3, -0.25) is 0 Å². The number of nitrogens with zero attached hydrogens (tertiary/aromatic N) is 1. The third-order valence-corrected chi connectivity index (χ3v) is 5.05. The number of H-pyrrole nitrogens is 1. The van der Waals surface area contributed by atoms with Crippen LogP contribution in [0.2, 0.25) is 0 Å². The minimum atomic E-state index is 0.812. The molecule has 0 aliphatic heterocycles. The fourth-order valence-electron chi connectivity index (χ4n) is 3.18. The van der Waals surface area contributed by atoms with Crippen molar-refractivity contribution in [3.05, 3.63) is 59.2 Å². The SMILES string of the molecule is C1#Cc2c(n(-c3csc4[nH]ccc34)c3ccccc23)C=CC1. The fraction of sp³-hybridized carbons (Fsp3) is 0.0526. The number of hydrogen-bond acceptors (Lipinski definition) is 1. The summed E-state index contributed by atoms with van der Waals surface area (Å²) in [6, 6.07) is 10.7. The molecule has 0 radical (unpaired) electrons. The van der Waals surface area contributed by atoms with Crippen LogP contribution < -0.4 is 0 Å². The fourth-order valence-corrected chi connectivity index (χ4v) is 4.08. The van der Waals surface area contributed by atoms with Gasteiger partial charge in [0, 0.05) is 28.8 Å². The van der Waals surface area contributed by atoms with E-state index in [2.05, 4.69) is 69.3 Å². The van der Waals surface area contributed by atoms with Crippen molar-refractivity contribution >= 4 is 38.5 Å². The Labute approximate surface area is 131 Å². The summed E-state index contributed by atoms with van der Waals surface area (Å²) >= 11 is 1.75. The molecule has 5 rings (SSSR count). The third kappa shape index (κ3) is 1.50. The first-order chi connectivity index (χ1) is 10.9. The second-order valence-electron chi connectivity index (χ2n) is 5.36. The lowest BCUT2D eigenvalue weighted by Gasteiger charge is -2.06. The Balaban J connectivity index is 1.98. The molecule has 4 aromatic rings. The van der Waals surface area contributed by atoms with Crippen molar-refractivity contribution in [2.24, 2.45) is 0 Å². The summed E-state index contributed by atoms with van der Waals surface area (Å²) in [6.07, 6.45) is 7.16. The largest absolute Gasteiger partial charge is 0.353 e. The Morgan fingerprint density at radius 2 is 2.09 bits per heavy atom. The third-order valence-electron chi connectivity index (χ3n) is 4.13. The molecule has 0 spiro atoms. The average Bonchev–Trinajstić information content (AvgIpc) is 3.16. The number of rotatable bonds is 1. The number of aromatic nitrogens is 2. The standard InChI is InChI=1S/C19H12N2S/c1-2-6-13-14-7-4-5-9-17(14)21(16(13)8-3-1)18-12-22-19-15(18)10-11-20-19/h3-5,7-12,20H,1H2. The molecule has 0 fully saturated rings. The van der Waals surface area contributed by atoms with E-state index in [1.54, 1.807) is 11.3 Å². The van der Waals surface area contributed by atoms with E-state index in [1.807, 2.05) is 6.20 Å². The van der Waals surface area contributed by atoms with E-state index in [0.717, 1.165) is 12.0 Å². The molecule has 0 saturated carbocycles. The Kier molecular flexibility index (Phi) is 2.38. The van der Waals surface area contributed by atoms with Gasteiger partial charge in [0.05, 0.1) is 22.5 Å². The Morgan fingerprint density at radius 3 is 3.09 bits per heavy atom. The van der Waals surface area contributed by atoms with Gasteiger partial charge in [0.15, 0.2) is 0 Å². The van der Waals surface area contributed by atoms with E-state index >= 15 is 0 Å². The maximum absolute atomic E-state index is 3.35. The van der Waals surface area contributed by atoms with Gasteiger partial charge in [-0.1, -0.05) is 36.1 Å². The van der Waals surface area contributed by atoms with E-state index in [9.17, 15) is 0 Å². The van der Waals surface area contributed by atoms with Crippen molar-refractivity contribution in [2.45, 2.75) is 6.42 Å². The number of para-hydroxylation sites is 1. The molecule has 2 nitrogen and oxygen atoms in total. The minimum absolute atomic E-state index is 0.812. The predicted molar refractivity (Wildman–Crippen MR) is 93.5 cm³/mol. The van der Waals surface area contributed by atoms with Crippen molar-refractivity contribution < 1.29 is 0 Å². The summed E-state index contributed by atoms with van der Waals surface area (Å²) in [6.45, 7) is 0. The van der Waals surface area contributed by atoms with Crippen molar-refractivity contribution in [3.63, 3.8) is 0 Å². The van der Waals surface area contributed by atoms with E-state index < -0.39 is 0 Å². The van der Waals surface area contributed by atoms with Crippen LogP contribution in [-0.2, 0) is 0 Å². The number of hydrogen-bond donors (Lipinski definition) is 1. The summed E-state index contributed by atoms with van der Waals surface area (Å²) in [7, 11) is 0. The zero-order chi connectivity index (χ0) is 14.5. The van der Waals surface area contributed by atoms with Crippen molar-refractivity contribution in [1.82, 2.24) is 9.55 Å². The second-order valence-corrected chi connectivity index (χ2v) is 6.24. The Bertz CT molecular complexity index is 1110. The number of thiophene rings is 1. The van der Waals surface area contributed by atoms with E-state index in [4.69, 9.17) is 0 Å². The van der Waals surface area contributed by atoms with Crippen LogP contribution in [0.15, 0.2) is 48.0 Å². The molecule has 1 aliphatic carbocycles. The van der Waals surface area contributed by atoms with Crippen LogP contribution in [0.5, 0.6) is 0 Å². The minimum Gasteiger partial charge on any atom is -0.353 e. The van der Waals surface area contributed by atoms with Crippen molar-refractivity contribution in [3.8, 4) is 17.5 Å². The highest BCUT2D eigenvalue weighted by Gasteiger charge is 2.18. The number of benzene rings is 1. The quantitative estimate of drug-likeness (QED) is 0.481. The molecule has 0 saturated heterocycles. The van der Waals surface area contributed by atoms with Crippen LogP contribution in [-0.4, -0.2) is 9.55 Å². The lowest BCUT2D eigenvalue weighted by molar-refractivity contribution is 1.13. The highest BCUT2D eigenvalue weighted by atomic mass is 32.1. The zero-order valence-corrected chi connectivity index (χ0v) is 12.6. The number of nitrogens with one attached hydrogen (secondary N) is 1. The monoisotopic (exact) mass is 300 g/mol. The molecule has 3 aromatic heterocycles. The normalized spacial score (nSPS) is 13.1. The number of allylic oxidation sites excluding steroid dienone is 1. The smallest absolute Gasteiger partial charge is 0.102 e. The van der Waals surface area contributed by atoms with Crippen LogP contribution >= 0.6 is 11.3 Å².